The number of hydrogen-bond donors (Lipinski definition) is 0. The highest BCUT2D eigenvalue weighted by atomic mass is 35.5. The highest BCUT2D eigenvalue weighted by molar-refractivity contribution is 6.33. The van der Waals surface area contributed by atoms with Crippen LogP contribution in [0.3, 0.4) is 0 Å². The maximum absolute atomic E-state index is 10.7. The van der Waals surface area contributed by atoms with Crippen molar-refractivity contribution in [3.05, 3.63) is 35.4 Å². The fraction of sp³-hybridized carbons (Fsp3) is 0.300. The average molecular weight is 198 g/mol. The van der Waals surface area contributed by atoms with Gasteiger partial charge in [-0.25, -0.2) is 0 Å². The van der Waals surface area contributed by atoms with E-state index in [0.717, 1.165) is 5.56 Å². The van der Waals surface area contributed by atoms with Gasteiger partial charge in [-0.05, 0) is 19.4 Å². The molecule has 0 aliphatic heterocycles. The maximum Gasteiger partial charge on any atom is 0.106 e. The van der Waals surface area contributed by atoms with Crippen molar-refractivity contribution in [3.63, 3.8) is 0 Å². The van der Waals surface area contributed by atoms with Crippen molar-refractivity contribution in [2.75, 3.05) is 0 Å². The Kier molecular flexibility index (Phi) is 2.62. The summed E-state index contributed by atoms with van der Waals surface area (Å²) in [5.74, 6) is -1.28. The van der Waals surface area contributed by atoms with Gasteiger partial charge in [0.05, 0.1) is 5.97 Å². The van der Waals surface area contributed by atoms with E-state index < -0.39 is 10.8 Å². The third kappa shape index (κ3) is 2.01. The van der Waals surface area contributed by atoms with Crippen molar-refractivity contribution in [1.82, 2.24) is 0 Å². The summed E-state index contributed by atoms with van der Waals surface area (Å²) in [4.78, 5) is 9.23. The third-order valence-corrected chi connectivity index (χ3v) is 2.35. The highest BCUT2D eigenvalue weighted by Gasteiger charge is 2.24. The summed E-state index contributed by atoms with van der Waals surface area (Å²) in [5, 5.41) is 10.7. The minimum absolute atomic E-state index is 0.541. The molecule has 2 nitrogen and oxygen atoms in total. The maximum atomic E-state index is 10.7. The molecule has 0 N–H and O–H groups in total. The monoisotopic (exact) mass is 197 g/mol. The molecule has 0 unspecified atom stereocenters. The molecule has 0 saturated carbocycles. The van der Waals surface area contributed by atoms with Crippen molar-refractivity contribution in [2.45, 2.75) is 18.7 Å². The second-order valence-corrected chi connectivity index (χ2v) is 3.91. The Morgan fingerprint density at radius 1 is 1.38 bits per heavy atom. The van der Waals surface area contributed by atoms with E-state index in [1.807, 2.05) is 19.1 Å². The Labute approximate surface area is 82.2 Å². The van der Waals surface area contributed by atoms with Crippen LogP contribution in [0.5, 0.6) is 0 Å². The van der Waals surface area contributed by atoms with E-state index >= 15 is 0 Å². The predicted molar refractivity (Wildman–Crippen MR) is 49.4 cm³/mol. The summed E-state index contributed by atoms with van der Waals surface area (Å²) in [5.41, 5.74) is 1.61. The fourth-order valence-electron chi connectivity index (χ4n) is 0.984. The first-order valence-electron chi connectivity index (χ1n) is 3.92. The number of rotatable bonds is 2. The standard InChI is InChI=1S/C10H11ClO2/c1-7-3-5-8(6-4-7)10(2,11)9(12)13/h3-6H,1-2H3,(H,12,13)/p-1/t10-/m1/s1. The lowest BCUT2D eigenvalue weighted by Gasteiger charge is -2.23. The lowest BCUT2D eigenvalue weighted by molar-refractivity contribution is -0.309. The molecule has 0 fully saturated rings. The lowest BCUT2D eigenvalue weighted by atomic mass is 9.99. The molecule has 0 heterocycles. The van der Waals surface area contributed by atoms with Gasteiger partial charge in [0.25, 0.3) is 0 Å². The number of aliphatic carboxylic acids is 1. The van der Waals surface area contributed by atoms with Gasteiger partial charge in [0.1, 0.15) is 4.87 Å². The number of aryl methyl sites for hydroxylation is 1. The molecule has 0 spiro atoms. The molecule has 0 aromatic heterocycles. The SMILES string of the molecule is Cc1ccc([C@@](C)(Cl)C(=O)[O-])cc1. The van der Waals surface area contributed by atoms with Crippen LogP contribution in [0.1, 0.15) is 18.1 Å². The van der Waals surface area contributed by atoms with Gasteiger partial charge in [0, 0.05) is 0 Å². The van der Waals surface area contributed by atoms with E-state index in [1.54, 1.807) is 12.1 Å². The average Bonchev–Trinajstić information content (AvgIpc) is 2.04. The Balaban J connectivity index is 3.08. The van der Waals surface area contributed by atoms with E-state index in [1.165, 1.54) is 6.92 Å². The molecule has 0 radical (unpaired) electrons. The van der Waals surface area contributed by atoms with Crippen LogP contribution >= 0.6 is 11.6 Å². The molecular formula is C10H10ClO2-. The van der Waals surface area contributed by atoms with Crippen LogP contribution in [0.4, 0.5) is 0 Å². The second-order valence-electron chi connectivity index (χ2n) is 3.16. The Hall–Kier alpha value is -1.02. The Morgan fingerprint density at radius 3 is 2.23 bits per heavy atom. The van der Waals surface area contributed by atoms with Crippen molar-refractivity contribution >= 4 is 17.6 Å². The third-order valence-electron chi connectivity index (χ3n) is 1.98. The largest absolute Gasteiger partial charge is 0.548 e. The molecule has 1 atom stereocenters. The number of hydrogen-bond acceptors (Lipinski definition) is 2. The minimum atomic E-state index is -1.44. The summed E-state index contributed by atoms with van der Waals surface area (Å²) < 4.78 is 0. The molecule has 70 valence electrons. The van der Waals surface area contributed by atoms with Crippen LogP contribution in [0.25, 0.3) is 0 Å². The van der Waals surface area contributed by atoms with Gasteiger partial charge in [-0.15, -0.1) is 11.6 Å². The van der Waals surface area contributed by atoms with Gasteiger partial charge in [-0.2, -0.15) is 0 Å². The molecule has 0 bridgehead atoms. The van der Waals surface area contributed by atoms with Gasteiger partial charge in [-0.3, -0.25) is 0 Å². The van der Waals surface area contributed by atoms with Crippen LogP contribution in [-0.4, -0.2) is 5.97 Å². The summed E-state index contributed by atoms with van der Waals surface area (Å²) in [6.07, 6.45) is 0. The van der Waals surface area contributed by atoms with Crippen molar-refractivity contribution < 1.29 is 9.90 Å². The quantitative estimate of drug-likeness (QED) is 0.669. The minimum Gasteiger partial charge on any atom is -0.548 e. The van der Waals surface area contributed by atoms with Crippen molar-refractivity contribution in [2.24, 2.45) is 0 Å². The fourth-order valence-corrected chi connectivity index (χ4v) is 1.11. The smallest absolute Gasteiger partial charge is 0.106 e. The van der Waals surface area contributed by atoms with Gasteiger partial charge in [0.15, 0.2) is 0 Å². The van der Waals surface area contributed by atoms with E-state index in [4.69, 9.17) is 11.6 Å². The highest BCUT2D eigenvalue weighted by Crippen LogP contribution is 2.27. The van der Waals surface area contributed by atoms with E-state index in [-0.39, 0.29) is 0 Å². The summed E-state index contributed by atoms with van der Waals surface area (Å²) in [7, 11) is 0. The first kappa shape index (κ1) is 10.1. The molecular weight excluding hydrogens is 188 g/mol. The molecule has 13 heavy (non-hydrogen) atoms. The topological polar surface area (TPSA) is 40.1 Å². The van der Waals surface area contributed by atoms with Gasteiger partial charge >= 0.3 is 0 Å². The van der Waals surface area contributed by atoms with Gasteiger partial charge in [-0.1, -0.05) is 29.8 Å². The summed E-state index contributed by atoms with van der Waals surface area (Å²) in [6.45, 7) is 3.34. The van der Waals surface area contributed by atoms with Crippen LogP contribution in [-0.2, 0) is 9.67 Å². The Morgan fingerprint density at radius 2 is 1.85 bits per heavy atom. The number of alkyl halides is 1. The van der Waals surface area contributed by atoms with Gasteiger partial charge in [0.2, 0.25) is 0 Å². The zero-order chi connectivity index (χ0) is 10.1. The van der Waals surface area contributed by atoms with Crippen molar-refractivity contribution in [3.8, 4) is 0 Å². The van der Waals surface area contributed by atoms with E-state index in [2.05, 4.69) is 0 Å². The number of carboxylic acid groups (broad SMARTS) is 1. The van der Waals surface area contributed by atoms with Crippen LogP contribution in [0, 0.1) is 6.92 Å². The van der Waals surface area contributed by atoms with E-state index in [0.29, 0.717) is 5.56 Å². The number of benzene rings is 1. The first-order chi connectivity index (χ1) is 5.94. The molecule has 0 amide bonds. The lowest BCUT2D eigenvalue weighted by Crippen LogP contribution is -2.39. The van der Waals surface area contributed by atoms with Crippen LogP contribution < -0.4 is 5.11 Å². The van der Waals surface area contributed by atoms with Crippen LogP contribution in [0.2, 0.25) is 0 Å². The first-order valence-corrected chi connectivity index (χ1v) is 4.30. The van der Waals surface area contributed by atoms with E-state index in [9.17, 15) is 9.90 Å². The summed E-state index contributed by atoms with van der Waals surface area (Å²) >= 11 is 5.79. The zero-order valence-corrected chi connectivity index (χ0v) is 8.26. The molecule has 0 saturated heterocycles. The number of carbonyl (C=O) groups excluding carboxylic acids is 1. The van der Waals surface area contributed by atoms with Crippen molar-refractivity contribution in [1.29, 1.82) is 0 Å². The molecule has 1 aromatic carbocycles. The van der Waals surface area contributed by atoms with Crippen LogP contribution in [0.15, 0.2) is 24.3 Å². The molecule has 1 rings (SSSR count). The summed E-state index contributed by atoms with van der Waals surface area (Å²) in [6, 6.07) is 7.02. The number of carbonyl (C=O) groups is 1. The molecule has 1 aromatic rings. The number of carboxylic acids is 1. The van der Waals surface area contributed by atoms with Gasteiger partial charge < -0.3 is 9.90 Å². The second kappa shape index (κ2) is 3.38. The molecule has 3 heteroatoms. The predicted octanol–water partition coefficient (Wildman–Crippen LogP) is 1.20. The Bertz CT molecular complexity index is 314. The zero-order valence-electron chi connectivity index (χ0n) is 7.50. The number of halogens is 1. The normalized spacial score (nSPS) is 15.0. The molecule has 0 aliphatic rings. The molecule has 0 aliphatic carbocycles.